The second-order valence-electron chi connectivity index (χ2n) is 5.99. The van der Waals surface area contributed by atoms with Crippen LogP contribution in [-0.4, -0.2) is 42.9 Å². The third-order valence-corrected chi connectivity index (χ3v) is 4.17. The number of hydrogen-bond acceptors (Lipinski definition) is 3. The molecule has 2 rings (SSSR count). The molecular weight excluding hydrogens is 278 g/mol. The predicted octanol–water partition coefficient (Wildman–Crippen LogP) is 0.851. The van der Waals surface area contributed by atoms with E-state index in [1.54, 1.807) is 4.90 Å². The van der Waals surface area contributed by atoms with Crippen LogP contribution < -0.4 is 11.1 Å². The monoisotopic (exact) mass is 303 g/mol. The molecule has 1 aromatic rings. The van der Waals surface area contributed by atoms with Crippen LogP contribution in [-0.2, 0) is 16.0 Å². The lowest BCUT2D eigenvalue weighted by molar-refractivity contribution is -0.132. The summed E-state index contributed by atoms with van der Waals surface area (Å²) in [4.78, 5) is 25.6. The molecule has 1 aliphatic rings. The number of benzene rings is 1. The molecule has 22 heavy (non-hydrogen) atoms. The fourth-order valence-corrected chi connectivity index (χ4v) is 2.64. The second-order valence-corrected chi connectivity index (χ2v) is 5.99. The molecule has 1 aliphatic heterocycles. The van der Waals surface area contributed by atoms with Crippen molar-refractivity contribution in [2.45, 2.75) is 26.2 Å². The van der Waals surface area contributed by atoms with E-state index in [0.717, 1.165) is 18.5 Å². The summed E-state index contributed by atoms with van der Waals surface area (Å²) < 4.78 is 0. The maximum absolute atomic E-state index is 12.0. The van der Waals surface area contributed by atoms with Crippen molar-refractivity contribution in [1.82, 2.24) is 10.2 Å². The molecule has 2 amide bonds. The first-order chi connectivity index (χ1) is 10.6. The molecule has 1 aromatic carbocycles. The average molecular weight is 303 g/mol. The van der Waals surface area contributed by atoms with Crippen LogP contribution in [0.2, 0.25) is 0 Å². The smallest absolute Gasteiger partial charge is 0.241 e. The molecule has 5 nitrogen and oxygen atoms in total. The minimum Gasteiger partial charge on any atom is -0.347 e. The lowest BCUT2D eigenvalue weighted by Gasteiger charge is -2.16. The zero-order valence-electron chi connectivity index (χ0n) is 13.2. The van der Waals surface area contributed by atoms with Gasteiger partial charge in [-0.3, -0.25) is 9.59 Å². The van der Waals surface area contributed by atoms with Gasteiger partial charge < -0.3 is 16.0 Å². The summed E-state index contributed by atoms with van der Waals surface area (Å²) in [6, 6.07) is 8.14. The zero-order chi connectivity index (χ0) is 15.9. The maximum Gasteiger partial charge on any atom is 0.241 e. The zero-order valence-corrected chi connectivity index (χ0v) is 13.2. The number of carbonyl (C=O) groups is 2. The molecule has 0 bridgehead atoms. The van der Waals surface area contributed by atoms with Crippen LogP contribution >= 0.6 is 0 Å². The van der Waals surface area contributed by atoms with Crippen LogP contribution in [0, 0.1) is 12.8 Å². The molecule has 1 atom stereocenters. The van der Waals surface area contributed by atoms with Crippen molar-refractivity contribution in [3.63, 3.8) is 0 Å². The Labute approximate surface area is 131 Å². The first-order valence-corrected chi connectivity index (χ1v) is 7.88. The van der Waals surface area contributed by atoms with E-state index in [2.05, 4.69) is 5.32 Å². The highest BCUT2D eigenvalue weighted by Gasteiger charge is 2.24. The Balaban J connectivity index is 1.67. The van der Waals surface area contributed by atoms with Gasteiger partial charge in [-0.15, -0.1) is 0 Å². The van der Waals surface area contributed by atoms with E-state index >= 15 is 0 Å². The molecule has 0 aliphatic carbocycles. The molecule has 1 saturated heterocycles. The van der Waals surface area contributed by atoms with E-state index < -0.39 is 0 Å². The van der Waals surface area contributed by atoms with E-state index in [9.17, 15) is 9.59 Å². The third kappa shape index (κ3) is 4.84. The van der Waals surface area contributed by atoms with Crippen LogP contribution in [0.25, 0.3) is 0 Å². The normalized spacial score (nSPS) is 17.5. The number of nitrogens with two attached hydrogens (primary N) is 1. The molecule has 0 aromatic heterocycles. The van der Waals surface area contributed by atoms with Gasteiger partial charge in [0.1, 0.15) is 0 Å². The topological polar surface area (TPSA) is 75.4 Å². The molecule has 0 radical (unpaired) electrons. The summed E-state index contributed by atoms with van der Waals surface area (Å²) in [5.41, 5.74) is 7.96. The van der Waals surface area contributed by atoms with Crippen molar-refractivity contribution in [3.05, 3.63) is 35.4 Å². The fourth-order valence-electron chi connectivity index (χ4n) is 2.64. The SMILES string of the molecule is Cc1ccc(CCC(=O)NCC(=O)N2CCC(CN)C2)cc1. The number of likely N-dealkylation sites (tertiary alicyclic amines) is 1. The Hall–Kier alpha value is -1.88. The highest BCUT2D eigenvalue weighted by atomic mass is 16.2. The molecule has 0 saturated carbocycles. The van der Waals surface area contributed by atoms with Gasteiger partial charge in [0.2, 0.25) is 11.8 Å². The average Bonchev–Trinajstić information content (AvgIpc) is 3.01. The second kappa shape index (κ2) is 7.94. The number of carbonyl (C=O) groups excluding carboxylic acids is 2. The third-order valence-electron chi connectivity index (χ3n) is 4.17. The van der Waals surface area contributed by atoms with E-state index in [4.69, 9.17) is 5.73 Å². The van der Waals surface area contributed by atoms with Crippen LogP contribution in [0.4, 0.5) is 0 Å². The molecule has 3 N–H and O–H groups in total. The minimum absolute atomic E-state index is 0.0142. The van der Waals surface area contributed by atoms with Gasteiger partial charge >= 0.3 is 0 Å². The molecular formula is C17H25N3O2. The number of amides is 2. The summed E-state index contributed by atoms with van der Waals surface area (Å²) >= 11 is 0. The Morgan fingerprint density at radius 2 is 2.05 bits per heavy atom. The van der Waals surface area contributed by atoms with Crippen molar-refractivity contribution in [2.75, 3.05) is 26.2 Å². The van der Waals surface area contributed by atoms with Crippen molar-refractivity contribution < 1.29 is 9.59 Å². The molecule has 1 heterocycles. The lowest BCUT2D eigenvalue weighted by atomic mass is 10.1. The van der Waals surface area contributed by atoms with Crippen molar-refractivity contribution >= 4 is 11.8 Å². The summed E-state index contributed by atoms with van der Waals surface area (Å²) in [7, 11) is 0. The lowest BCUT2D eigenvalue weighted by Crippen LogP contribution is -2.39. The van der Waals surface area contributed by atoms with E-state index in [1.807, 2.05) is 31.2 Å². The van der Waals surface area contributed by atoms with E-state index in [1.165, 1.54) is 5.56 Å². The first kappa shape index (κ1) is 16.5. The highest BCUT2D eigenvalue weighted by Crippen LogP contribution is 2.14. The Kier molecular flexibility index (Phi) is 5.95. The summed E-state index contributed by atoms with van der Waals surface area (Å²) in [6.07, 6.45) is 2.06. The minimum atomic E-state index is -0.0801. The quantitative estimate of drug-likeness (QED) is 0.818. The standard InChI is InChI=1S/C17H25N3O2/c1-13-2-4-14(5-3-13)6-7-16(21)19-11-17(22)20-9-8-15(10-18)12-20/h2-5,15H,6-12,18H2,1H3,(H,19,21). The van der Waals surface area contributed by atoms with Gasteiger partial charge in [0.25, 0.3) is 0 Å². The largest absolute Gasteiger partial charge is 0.347 e. The number of rotatable bonds is 6. The van der Waals surface area contributed by atoms with E-state index in [-0.39, 0.29) is 18.4 Å². The first-order valence-electron chi connectivity index (χ1n) is 7.88. The molecule has 0 spiro atoms. The van der Waals surface area contributed by atoms with Crippen molar-refractivity contribution in [3.8, 4) is 0 Å². The summed E-state index contributed by atoms with van der Waals surface area (Å²) in [6.45, 7) is 4.21. The molecule has 1 fully saturated rings. The van der Waals surface area contributed by atoms with Gasteiger partial charge in [-0.1, -0.05) is 29.8 Å². The fraction of sp³-hybridized carbons (Fsp3) is 0.529. The molecule has 5 heteroatoms. The van der Waals surface area contributed by atoms with Gasteiger partial charge in [0.15, 0.2) is 0 Å². The number of aryl methyl sites for hydroxylation is 2. The Bertz CT molecular complexity index is 513. The number of nitrogens with zero attached hydrogens (tertiary/aromatic N) is 1. The number of nitrogens with one attached hydrogen (secondary N) is 1. The summed E-state index contributed by atoms with van der Waals surface area (Å²) in [5.74, 6) is 0.310. The number of hydrogen-bond donors (Lipinski definition) is 2. The van der Waals surface area contributed by atoms with Gasteiger partial charge in [-0.25, -0.2) is 0 Å². The van der Waals surface area contributed by atoms with Crippen molar-refractivity contribution in [1.29, 1.82) is 0 Å². The Morgan fingerprint density at radius 3 is 2.68 bits per heavy atom. The summed E-state index contributed by atoms with van der Waals surface area (Å²) in [5, 5.41) is 2.71. The maximum atomic E-state index is 12.0. The predicted molar refractivity (Wildman–Crippen MR) is 86.3 cm³/mol. The molecule has 120 valence electrons. The van der Waals surface area contributed by atoms with Gasteiger partial charge in [0.05, 0.1) is 6.54 Å². The van der Waals surface area contributed by atoms with E-state index in [0.29, 0.717) is 31.8 Å². The Morgan fingerprint density at radius 1 is 1.32 bits per heavy atom. The van der Waals surface area contributed by atoms with Gasteiger partial charge in [-0.05, 0) is 37.8 Å². The van der Waals surface area contributed by atoms with Gasteiger partial charge in [-0.2, -0.15) is 0 Å². The van der Waals surface area contributed by atoms with Crippen LogP contribution in [0.3, 0.4) is 0 Å². The highest BCUT2D eigenvalue weighted by molar-refractivity contribution is 5.84. The van der Waals surface area contributed by atoms with Crippen LogP contribution in [0.1, 0.15) is 24.0 Å². The van der Waals surface area contributed by atoms with Crippen LogP contribution in [0.15, 0.2) is 24.3 Å². The molecule has 1 unspecified atom stereocenters. The van der Waals surface area contributed by atoms with Crippen molar-refractivity contribution in [2.24, 2.45) is 11.7 Å². The van der Waals surface area contributed by atoms with Crippen LogP contribution in [0.5, 0.6) is 0 Å². The van der Waals surface area contributed by atoms with Gasteiger partial charge in [0, 0.05) is 19.5 Å².